The summed E-state index contributed by atoms with van der Waals surface area (Å²) in [5, 5.41) is 14.6. The van der Waals surface area contributed by atoms with Crippen molar-refractivity contribution < 1.29 is 9.90 Å². The van der Waals surface area contributed by atoms with Gasteiger partial charge in [0.15, 0.2) is 5.78 Å². The highest BCUT2D eigenvalue weighted by atomic mass is 16.3. The highest BCUT2D eigenvalue weighted by molar-refractivity contribution is 6.05. The number of rotatable bonds is 2. The molecule has 0 amide bonds. The van der Waals surface area contributed by atoms with Gasteiger partial charge in [0, 0.05) is 18.2 Å². The fourth-order valence-electron chi connectivity index (χ4n) is 7.35. The average molecular weight is 395 g/mol. The monoisotopic (exact) mass is 394 g/mol. The molecule has 0 bridgehead atoms. The molecule has 0 saturated heterocycles. The molecule has 4 heteroatoms. The molecule has 1 heterocycles. The number of hydrogen-bond acceptors (Lipinski definition) is 3. The molecule has 1 aromatic rings. The van der Waals surface area contributed by atoms with Gasteiger partial charge in [-0.15, -0.1) is 0 Å². The summed E-state index contributed by atoms with van der Waals surface area (Å²) in [5.74, 6) is 2.06. The molecule has 6 atom stereocenters. The molecule has 0 unspecified atom stereocenters. The van der Waals surface area contributed by atoms with Crippen molar-refractivity contribution in [3.63, 3.8) is 0 Å². The summed E-state index contributed by atoms with van der Waals surface area (Å²) in [6, 6.07) is 2.01. The highest BCUT2D eigenvalue weighted by Crippen LogP contribution is 2.64. The number of fused-ring (bicyclic) bond motifs is 5. The van der Waals surface area contributed by atoms with Crippen LogP contribution < -0.4 is 0 Å². The molecule has 0 spiro atoms. The van der Waals surface area contributed by atoms with Gasteiger partial charge < -0.3 is 5.11 Å². The van der Waals surface area contributed by atoms with E-state index >= 15 is 0 Å². The summed E-state index contributed by atoms with van der Waals surface area (Å²) in [5.41, 5.74) is 3.56. The third kappa shape index (κ3) is 2.74. The number of hydrogen-bond donors (Lipinski definition) is 1. The minimum Gasteiger partial charge on any atom is -0.393 e. The van der Waals surface area contributed by atoms with Crippen LogP contribution in [0.2, 0.25) is 0 Å². The van der Waals surface area contributed by atoms with E-state index < -0.39 is 0 Å². The number of allylic oxidation sites excluding steroid dienone is 2. The normalized spacial score (nSPS) is 43.0. The lowest BCUT2D eigenvalue weighted by atomic mass is 9.48. The minimum atomic E-state index is -0.208. The summed E-state index contributed by atoms with van der Waals surface area (Å²) in [6.07, 6.45) is 13.2. The number of nitrogens with zero attached hydrogens (tertiary/aromatic N) is 2. The van der Waals surface area contributed by atoms with Crippen LogP contribution in [0.5, 0.6) is 0 Å². The number of carbonyl (C=O) groups is 1. The molecule has 4 nitrogen and oxygen atoms in total. The molecular formula is C25H34N2O2. The number of carbonyl (C=O) groups excluding carboxylic acids is 1. The Labute approximate surface area is 174 Å². The summed E-state index contributed by atoms with van der Waals surface area (Å²) in [4.78, 5) is 13.5. The van der Waals surface area contributed by atoms with Crippen LogP contribution in [0.1, 0.15) is 71.4 Å². The van der Waals surface area contributed by atoms with Crippen LogP contribution in [0.3, 0.4) is 0 Å². The number of aliphatic hydroxyl groups excluding tert-OH is 1. The maximum Gasteiger partial charge on any atom is 0.165 e. The standard InChI is InChI=1S/C25H34N2O2/c1-4-27-18(9-12-26-27)13-16-14-22-20-6-5-17-15-19(28)7-10-24(17,2)21(20)8-11-25(22,3)23(16)29/h5,9,12-13,19-22,28H,4,6-8,10-11,14-15H2,1-3H3/b16-13-/t19-,20+,21-,22-,24+,25-/m1/s1. The Morgan fingerprint density at radius 1 is 1.21 bits per heavy atom. The van der Waals surface area contributed by atoms with Gasteiger partial charge in [0.2, 0.25) is 0 Å². The molecule has 1 aromatic heterocycles. The van der Waals surface area contributed by atoms with Crippen molar-refractivity contribution in [2.24, 2.45) is 28.6 Å². The van der Waals surface area contributed by atoms with Gasteiger partial charge in [-0.2, -0.15) is 5.10 Å². The van der Waals surface area contributed by atoms with Crippen LogP contribution in [0.25, 0.3) is 6.08 Å². The van der Waals surface area contributed by atoms with Crippen LogP contribution in [-0.2, 0) is 11.3 Å². The molecule has 0 radical (unpaired) electrons. The molecule has 4 aliphatic carbocycles. The van der Waals surface area contributed by atoms with E-state index in [1.54, 1.807) is 0 Å². The van der Waals surface area contributed by atoms with Crippen molar-refractivity contribution >= 4 is 11.9 Å². The molecule has 0 aromatic carbocycles. The molecule has 4 aliphatic rings. The number of Topliss-reactive ketones (excluding diaryl/α,β-unsaturated/α-hetero) is 1. The lowest BCUT2D eigenvalue weighted by molar-refractivity contribution is -0.130. The van der Waals surface area contributed by atoms with Gasteiger partial charge in [-0.3, -0.25) is 9.48 Å². The van der Waals surface area contributed by atoms with E-state index in [2.05, 4.69) is 38.0 Å². The Morgan fingerprint density at radius 2 is 2.00 bits per heavy atom. The predicted molar refractivity (Wildman–Crippen MR) is 114 cm³/mol. The fraction of sp³-hybridized carbons (Fsp3) is 0.680. The lowest BCUT2D eigenvalue weighted by Crippen LogP contribution is -2.50. The average Bonchev–Trinajstić information content (AvgIpc) is 3.25. The van der Waals surface area contributed by atoms with Gasteiger partial charge in [0.25, 0.3) is 0 Å². The van der Waals surface area contributed by atoms with Gasteiger partial charge in [-0.05, 0) is 92.8 Å². The second-order valence-electron chi connectivity index (χ2n) is 10.4. The van der Waals surface area contributed by atoms with Gasteiger partial charge >= 0.3 is 0 Å². The van der Waals surface area contributed by atoms with Crippen LogP contribution in [0.4, 0.5) is 0 Å². The molecule has 3 saturated carbocycles. The van der Waals surface area contributed by atoms with Crippen molar-refractivity contribution in [2.75, 3.05) is 0 Å². The van der Waals surface area contributed by atoms with Crippen LogP contribution in [-0.4, -0.2) is 26.8 Å². The predicted octanol–water partition coefficient (Wildman–Crippen LogP) is 4.79. The van der Waals surface area contributed by atoms with E-state index in [-0.39, 0.29) is 16.9 Å². The molecule has 5 rings (SSSR count). The molecular weight excluding hydrogens is 360 g/mol. The Bertz CT molecular complexity index is 896. The highest BCUT2D eigenvalue weighted by Gasteiger charge is 2.59. The zero-order chi connectivity index (χ0) is 20.4. The van der Waals surface area contributed by atoms with Crippen molar-refractivity contribution in [1.29, 1.82) is 0 Å². The van der Waals surface area contributed by atoms with E-state index in [0.717, 1.165) is 62.8 Å². The van der Waals surface area contributed by atoms with Crippen molar-refractivity contribution in [3.8, 4) is 0 Å². The first-order valence-electron chi connectivity index (χ1n) is 11.5. The van der Waals surface area contributed by atoms with Crippen molar-refractivity contribution in [2.45, 2.75) is 78.4 Å². The maximum absolute atomic E-state index is 13.5. The van der Waals surface area contributed by atoms with Crippen LogP contribution in [0, 0.1) is 28.6 Å². The van der Waals surface area contributed by atoms with E-state index in [1.807, 2.05) is 16.9 Å². The van der Waals surface area contributed by atoms with E-state index in [4.69, 9.17) is 0 Å². The third-order valence-electron chi connectivity index (χ3n) is 9.09. The van der Waals surface area contributed by atoms with Crippen molar-refractivity contribution in [1.82, 2.24) is 9.78 Å². The number of ketones is 1. The molecule has 156 valence electrons. The van der Waals surface area contributed by atoms with E-state index in [0.29, 0.717) is 23.5 Å². The van der Waals surface area contributed by atoms with Gasteiger partial charge in [-0.1, -0.05) is 25.5 Å². The Morgan fingerprint density at radius 3 is 2.79 bits per heavy atom. The first-order valence-corrected chi connectivity index (χ1v) is 11.5. The summed E-state index contributed by atoms with van der Waals surface area (Å²) < 4.78 is 1.97. The second kappa shape index (κ2) is 6.66. The molecule has 3 fully saturated rings. The number of aromatic nitrogens is 2. The first-order chi connectivity index (χ1) is 13.9. The van der Waals surface area contributed by atoms with Gasteiger partial charge in [0.1, 0.15) is 0 Å². The molecule has 29 heavy (non-hydrogen) atoms. The molecule has 0 aliphatic heterocycles. The largest absolute Gasteiger partial charge is 0.393 e. The van der Waals surface area contributed by atoms with Gasteiger partial charge in [-0.25, -0.2) is 0 Å². The first kappa shape index (κ1) is 19.3. The Hall–Kier alpha value is -1.68. The van der Waals surface area contributed by atoms with E-state index in [9.17, 15) is 9.90 Å². The Kier molecular flexibility index (Phi) is 4.43. The van der Waals surface area contributed by atoms with Crippen molar-refractivity contribution in [3.05, 3.63) is 35.2 Å². The quantitative estimate of drug-likeness (QED) is 0.580. The zero-order valence-electron chi connectivity index (χ0n) is 18.0. The second-order valence-corrected chi connectivity index (χ2v) is 10.4. The van der Waals surface area contributed by atoms with E-state index in [1.165, 1.54) is 5.57 Å². The topological polar surface area (TPSA) is 55.1 Å². The fourth-order valence-corrected chi connectivity index (χ4v) is 7.35. The number of aliphatic hydroxyl groups is 1. The van der Waals surface area contributed by atoms with Crippen LogP contribution in [0.15, 0.2) is 29.5 Å². The lowest BCUT2D eigenvalue weighted by Gasteiger charge is -2.56. The summed E-state index contributed by atoms with van der Waals surface area (Å²) in [6.45, 7) is 7.59. The SMILES string of the molecule is CCn1nccc1/C=C1/C[C@@H]2[C@H]3CC=C4C[C@H](O)CC[C@]4(C)[C@@H]3CC[C@@]2(C)C1=O. The van der Waals surface area contributed by atoms with Gasteiger partial charge in [0.05, 0.1) is 11.8 Å². The van der Waals surface area contributed by atoms with Crippen LogP contribution >= 0.6 is 0 Å². The smallest absolute Gasteiger partial charge is 0.165 e. The zero-order valence-corrected chi connectivity index (χ0v) is 18.0. The molecule has 1 N–H and O–H groups in total. The number of aryl methyl sites for hydroxylation is 1. The summed E-state index contributed by atoms with van der Waals surface area (Å²) >= 11 is 0. The maximum atomic E-state index is 13.5. The summed E-state index contributed by atoms with van der Waals surface area (Å²) in [7, 11) is 0. The minimum absolute atomic E-state index is 0.161. The Balaban J connectivity index is 1.48. The third-order valence-corrected chi connectivity index (χ3v) is 9.09.